The number of aryl methyl sites for hydroxylation is 1. The molecule has 0 saturated carbocycles. The van der Waals surface area contributed by atoms with Gasteiger partial charge in [0.05, 0.1) is 18.0 Å². The molecule has 0 fully saturated rings. The minimum Gasteiger partial charge on any atom is -0.357 e. The molecule has 0 spiro atoms. The predicted molar refractivity (Wildman–Crippen MR) is 117 cm³/mol. The van der Waals surface area contributed by atoms with Crippen molar-refractivity contribution in [3.63, 3.8) is 0 Å². The van der Waals surface area contributed by atoms with E-state index in [4.69, 9.17) is 0 Å². The summed E-state index contributed by atoms with van der Waals surface area (Å²) in [4.78, 5) is 6.35. The summed E-state index contributed by atoms with van der Waals surface area (Å²) in [6.07, 6.45) is 2.12. The highest BCUT2D eigenvalue weighted by molar-refractivity contribution is 14.0. The van der Waals surface area contributed by atoms with Gasteiger partial charge in [-0.05, 0) is 38.0 Å². The third-order valence-corrected chi connectivity index (χ3v) is 4.88. The topological polar surface area (TPSA) is 73.8 Å². The minimum absolute atomic E-state index is 0. The zero-order chi connectivity index (χ0) is 18.9. The summed E-state index contributed by atoms with van der Waals surface area (Å²) in [5.74, 6) is 0.0802. The quantitative estimate of drug-likeness (QED) is 0.311. The molecule has 0 aliphatic heterocycles. The van der Waals surface area contributed by atoms with Crippen LogP contribution in [0.5, 0.6) is 0 Å². The van der Waals surface area contributed by atoms with Crippen molar-refractivity contribution in [2.75, 3.05) is 37.2 Å². The Morgan fingerprint density at radius 1 is 1.31 bits per heavy atom. The molecule has 0 aliphatic carbocycles. The molecule has 0 unspecified atom stereocenters. The standard InChI is InChI=1S/C17H29FN4O2S.HI/c1-5-7-11-22(4)17(19-6-2)20-10-12-25(23,24)21-15-9-8-14(3)16(18)13-15;/h8-9,13,21H,5-7,10-12H2,1-4H3,(H,19,20);1H. The van der Waals surface area contributed by atoms with E-state index in [1.807, 2.05) is 18.9 Å². The van der Waals surface area contributed by atoms with Gasteiger partial charge in [-0.15, -0.1) is 24.0 Å². The van der Waals surface area contributed by atoms with Crippen LogP contribution in [-0.4, -0.2) is 51.7 Å². The predicted octanol–water partition coefficient (Wildman–Crippen LogP) is 3.19. The van der Waals surface area contributed by atoms with Crippen LogP contribution >= 0.6 is 24.0 Å². The van der Waals surface area contributed by atoms with Crippen molar-refractivity contribution in [3.8, 4) is 0 Å². The maximum atomic E-state index is 13.5. The second-order valence-corrected chi connectivity index (χ2v) is 7.74. The summed E-state index contributed by atoms with van der Waals surface area (Å²) in [5.41, 5.74) is 0.692. The van der Waals surface area contributed by atoms with Gasteiger partial charge in [-0.25, -0.2) is 12.8 Å². The molecular weight excluding hydrogens is 470 g/mol. The zero-order valence-electron chi connectivity index (χ0n) is 15.9. The summed E-state index contributed by atoms with van der Waals surface area (Å²) in [6, 6.07) is 4.26. The SMILES string of the molecule is CCCCN(C)C(=NCCS(=O)(=O)Nc1ccc(C)c(F)c1)NCC.I. The van der Waals surface area contributed by atoms with Gasteiger partial charge in [-0.2, -0.15) is 0 Å². The van der Waals surface area contributed by atoms with E-state index in [9.17, 15) is 12.8 Å². The fraction of sp³-hybridized carbons (Fsp3) is 0.588. The lowest BCUT2D eigenvalue weighted by Gasteiger charge is -2.21. The third kappa shape index (κ3) is 9.02. The van der Waals surface area contributed by atoms with Gasteiger partial charge in [0.25, 0.3) is 0 Å². The van der Waals surface area contributed by atoms with E-state index < -0.39 is 15.8 Å². The number of hydrogen-bond acceptors (Lipinski definition) is 3. The first-order chi connectivity index (χ1) is 11.8. The number of nitrogens with zero attached hydrogens (tertiary/aromatic N) is 2. The molecule has 0 radical (unpaired) electrons. The van der Waals surface area contributed by atoms with Crippen LogP contribution in [0, 0.1) is 12.7 Å². The van der Waals surface area contributed by atoms with E-state index >= 15 is 0 Å². The van der Waals surface area contributed by atoms with E-state index in [2.05, 4.69) is 22.0 Å². The van der Waals surface area contributed by atoms with Gasteiger partial charge in [-0.1, -0.05) is 19.4 Å². The molecule has 0 atom stereocenters. The van der Waals surface area contributed by atoms with Gasteiger partial charge in [-0.3, -0.25) is 9.71 Å². The summed E-state index contributed by atoms with van der Waals surface area (Å²) < 4.78 is 40.2. The summed E-state index contributed by atoms with van der Waals surface area (Å²) in [6.45, 7) is 7.40. The van der Waals surface area contributed by atoms with Gasteiger partial charge in [0.2, 0.25) is 10.0 Å². The second kappa shape index (κ2) is 12.3. The number of rotatable bonds is 9. The lowest BCUT2D eigenvalue weighted by atomic mass is 10.2. The Bertz CT molecular complexity index is 683. The molecule has 1 aromatic carbocycles. The molecule has 0 aliphatic rings. The van der Waals surface area contributed by atoms with Crippen molar-refractivity contribution in [2.24, 2.45) is 4.99 Å². The summed E-state index contributed by atoms with van der Waals surface area (Å²) >= 11 is 0. The monoisotopic (exact) mass is 500 g/mol. The fourth-order valence-corrected chi connectivity index (χ4v) is 3.05. The van der Waals surface area contributed by atoms with Crippen LogP contribution in [0.2, 0.25) is 0 Å². The van der Waals surface area contributed by atoms with Gasteiger partial charge in [0, 0.05) is 20.1 Å². The van der Waals surface area contributed by atoms with E-state index in [0.29, 0.717) is 18.1 Å². The number of sulfonamides is 1. The van der Waals surface area contributed by atoms with E-state index in [0.717, 1.165) is 19.4 Å². The number of benzene rings is 1. The maximum Gasteiger partial charge on any atom is 0.234 e. The largest absolute Gasteiger partial charge is 0.357 e. The first-order valence-corrected chi connectivity index (χ1v) is 10.2. The van der Waals surface area contributed by atoms with E-state index in [1.165, 1.54) is 12.1 Å². The van der Waals surface area contributed by atoms with Gasteiger partial charge in [0.15, 0.2) is 5.96 Å². The van der Waals surface area contributed by atoms with Crippen molar-refractivity contribution in [3.05, 3.63) is 29.6 Å². The Balaban J connectivity index is 0.00000625. The van der Waals surface area contributed by atoms with Crippen LogP contribution in [0.25, 0.3) is 0 Å². The van der Waals surface area contributed by atoms with Crippen LogP contribution < -0.4 is 10.0 Å². The van der Waals surface area contributed by atoms with Gasteiger partial charge < -0.3 is 10.2 Å². The van der Waals surface area contributed by atoms with Gasteiger partial charge >= 0.3 is 0 Å². The summed E-state index contributed by atoms with van der Waals surface area (Å²) in [5, 5.41) is 3.15. The number of anilines is 1. The smallest absolute Gasteiger partial charge is 0.234 e. The molecular formula is C17H30FIN4O2S. The molecule has 0 bridgehead atoms. The normalized spacial score (nSPS) is 11.7. The molecule has 6 nitrogen and oxygen atoms in total. The lowest BCUT2D eigenvalue weighted by Crippen LogP contribution is -2.39. The number of guanidine groups is 1. The molecule has 1 aromatic rings. The van der Waals surface area contributed by atoms with Crippen LogP contribution in [0.4, 0.5) is 10.1 Å². The minimum atomic E-state index is -3.59. The number of nitrogens with one attached hydrogen (secondary N) is 2. The zero-order valence-corrected chi connectivity index (χ0v) is 19.0. The number of halogens is 2. The van der Waals surface area contributed by atoms with E-state index in [1.54, 1.807) is 13.0 Å². The molecule has 0 heterocycles. The van der Waals surface area contributed by atoms with Crippen molar-refractivity contribution in [1.29, 1.82) is 0 Å². The molecule has 0 aromatic heterocycles. The number of hydrogen-bond donors (Lipinski definition) is 2. The van der Waals surface area contributed by atoms with Crippen LogP contribution in [0.15, 0.2) is 23.2 Å². The summed E-state index contributed by atoms with van der Waals surface area (Å²) in [7, 11) is -1.66. The van der Waals surface area contributed by atoms with Crippen LogP contribution in [0.1, 0.15) is 32.3 Å². The van der Waals surface area contributed by atoms with E-state index in [-0.39, 0.29) is 42.0 Å². The van der Waals surface area contributed by atoms with Crippen molar-refractivity contribution >= 4 is 45.6 Å². The first-order valence-electron chi connectivity index (χ1n) is 8.55. The molecule has 26 heavy (non-hydrogen) atoms. The Kier molecular flexibility index (Phi) is 11.8. The lowest BCUT2D eigenvalue weighted by molar-refractivity contribution is 0.465. The molecule has 1 rings (SSSR count). The third-order valence-electron chi connectivity index (χ3n) is 3.61. The van der Waals surface area contributed by atoms with Crippen molar-refractivity contribution in [2.45, 2.75) is 33.6 Å². The maximum absolute atomic E-state index is 13.5. The highest BCUT2D eigenvalue weighted by Gasteiger charge is 2.12. The second-order valence-electron chi connectivity index (χ2n) is 5.90. The van der Waals surface area contributed by atoms with Crippen molar-refractivity contribution in [1.82, 2.24) is 10.2 Å². The highest BCUT2D eigenvalue weighted by Crippen LogP contribution is 2.15. The molecule has 150 valence electrons. The Hall–Kier alpha value is -1.10. The molecule has 2 N–H and O–H groups in total. The Morgan fingerprint density at radius 3 is 2.58 bits per heavy atom. The molecule has 9 heteroatoms. The van der Waals surface area contributed by atoms with Gasteiger partial charge in [0.1, 0.15) is 5.82 Å². The van der Waals surface area contributed by atoms with Crippen molar-refractivity contribution < 1.29 is 12.8 Å². The van der Waals surface area contributed by atoms with Crippen LogP contribution in [-0.2, 0) is 10.0 Å². The first kappa shape index (κ1) is 24.9. The highest BCUT2D eigenvalue weighted by atomic mass is 127. The molecule has 0 saturated heterocycles. The Morgan fingerprint density at radius 2 is 2.00 bits per heavy atom. The molecule has 0 amide bonds. The fourth-order valence-electron chi connectivity index (χ4n) is 2.13. The average molecular weight is 500 g/mol. The average Bonchev–Trinajstić information content (AvgIpc) is 2.54. The Labute approximate surface area is 173 Å². The van der Waals surface area contributed by atoms with Crippen LogP contribution in [0.3, 0.4) is 0 Å². The number of aliphatic imine (C=N–C) groups is 1. The number of unbranched alkanes of at least 4 members (excludes halogenated alkanes) is 1.